The quantitative estimate of drug-likeness (QED) is 0.935. The number of para-hydroxylation sites is 1. The van der Waals surface area contributed by atoms with Crippen LogP contribution in [0.15, 0.2) is 24.3 Å². The van der Waals surface area contributed by atoms with Gasteiger partial charge in [-0.25, -0.2) is 0 Å². The molecule has 1 aromatic heterocycles. The van der Waals surface area contributed by atoms with Gasteiger partial charge in [-0.3, -0.25) is 9.48 Å². The number of likely N-dealkylation sites (tertiary alicyclic amines) is 1. The molecule has 1 atom stereocenters. The van der Waals surface area contributed by atoms with Crippen LogP contribution < -0.4 is 5.73 Å². The van der Waals surface area contributed by atoms with Crippen LogP contribution >= 0.6 is 0 Å². The zero-order valence-corrected chi connectivity index (χ0v) is 12.5. The fourth-order valence-corrected chi connectivity index (χ4v) is 3.24. The lowest BCUT2D eigenvalue weighted by Crippen LogP contribution is -2.40. The minimum Gasteiger partial charge on any atom is -0.337 e. The smallest absolute Gasteiger partial charge is 0.275 e. The number of aromatic nitrogens is 2. The molecule has 1 fully saturated rings. The Labute approximate surface area is 124 Å². The Morgan fingerprint density at radius 2 is 2.24 bits per heavy atom. The Morgan fingerprint density at radius 1 is 1.43 bits per heavy atom. The van der Waals surface area contributed by atoms with Gasteiger partial charge in [-0.2, -0.15) is 5.10 Å². The summed E-state index contributed by atoms with van der Waals surface area (Å²) in [6.45, 7) is 2.32. The van der Waals surface area contributed by atoms with Crippen molar-refractivity contribution in [3.05, 3.63) is 30.0 Å². The van der Waals surface area contributed by atoms with Crippen LogP contribution in [-0.2, 0) is 7.05 Å². The van der Waals surface area contributed by atoms with Gasteiger partial charge in [-0.1, -0.05) is 18.2 Å². The van der Waals surface area contributed by atoms with E-state index >= 15 is 0 Å². The summed E-state index contributed by atoms with van der Waals surface area (Å²) in [7, 11) is 1.88. The molecule has 5 nitrogen and oxygen atoms in total. The number of carbonyl (C=O) groups excluding carboxylic acids is 1. The number of amides is 1. The third kappa shape index (κ3) is 2.65. The lowest BCUT2D eigenvalue weighted by Gasteiger charge is -2.32. The van der Waals surface area contributed by atoms with Crippen LogP contribution in [0.1, 0.15) is 29.8 Å². The van der Waals surface area contributed by atoms with E-state index in [4.69, 9.17) is 5.73 Å². The summed E-state index contributed by atoms with van der Waals surface area (Å²) in [4.78, 5) is 14.7. The SMILES string of the molecule is Cn1nc(C(=O)N2CCCC(CCN)C2)c2ccccc21. The molecule has 0 saturated carbocycles. The van der Waals surface area contributed by atoms with Gasteiger partial charge in [-0.15, -0.1) is 0 Å². The summed E-state index contributed by atoms with van der Waals surface area (Å²) >= 11 is 0. The number of fused-ring (bicyclic) bond motifs is 1. The van der Waals surface area contributed by atoms with E-state index in [1.807, 2.05) is 36.2 Å². The van der Waals surface area contributed by atoms with E-state index < -0.39 is 0 Å². The van der Waals surface area contributed by atoms with Crippen molar-refractivity contribution < 1.29 is 4.79 Å². The number of piperidine rings is 1. The molecule has 1 unspecified atom stereocenters. The average Bonchev–Trinajstić information content (AvgIpc) is 2.85. The van der Waals surface area contributed by atoms with Gasteiger partial charge in [0.2, 0.25) is 0 Å². The lowest BCUT2D eigenvalue weighted by atomic mass is 9.94. The Morgan fingerprint density at radius 3 is 3.05 bits per heavy atom. The molecule has 2 aromatic rings. The molecule has 3 rings (SSSR count). The predicted octanol–water partition coefficient (Wildman–Crippen LogP) is 1.77. The number of hydrogen-bond donors (Lipinski definition) is 1. The summed E-state index contributed by atoms with van der Waals surface area (Å²) in [5, 5.41) is 5.37. The van der Waals surface area contributed by atoms with Crippen molar-refractivity contribution >= 4 is 16.8 Å². The average molecular weight is 286 g/mol. The zero-order valence-electron chi connectivity index (χ0n) is 12.5. The first kappa shape index (κ1) is 14.1. The molecule has 0 spiro atoms. The van der Waals surface area contributed by atoms with Gasteiger partial charge in [0.05, 0.1) is 5.52 Å². The molecule has 2 N–H and O–H groups in total. The molecule has 1 aliphatic rings. The van der Waals surface area contributed by atoms with Crippen molar-refractivity contribution in [2.75, 3.05) is 19.6 Å². The van der Waals surface area contributed by atoms with Gasteiger partial charge in [0.25, 0.3) is 5.91 Å². The lowest BCUT2D eigenvalue weighted by molar-refractivity contribution is 0.0664. The minimum absolute atomic E-state index is 0.0496. The predicted molar refractivity (Wildman–Crippen MR) is 83.0 cm³/mol. The van der Waals surface area contributed by atoms with Gasteiger partial charge in [0, 0.05) is 25.5 Å². The number of benzene rings is 1. The molecule has 0 radical (unpaired) electrons. The van der Waals surface area contributed by atoms with Crippen molar-refractivity contribution in [1.29, 1.82) is 0 Å². The van der Waals surface area contributed by atoms with Crippen molar-refractivity contribution in [2.24, 2.45) is 18.7 Å². The Kier molecular flexibility index (Phi) is 3.92. The molecule has 1 amide bonds. The van der Waals surface area contributed by atoms with E-state index in [0.717, 1.165) is 36.8 Å². The van der Waals surface area contributed by atoms with Crippen LogP contribution in [0, 0.1) is 5.92 Å². The topological polar surface area (TPSA) is 64.2 Å². The molecule has 2 heterocycles. The molecule has 0 bridgehead atoms. The van der Waals surface area contributed by atoms with Crippen molar-refractivity contribution in [3.8, 4) is 0 Å². The number of carbonyl (C=O) groups is 1. The number of nitrogens with two attached hydrogens (primary N) is 1. The molecule has 5 heteroatoms. The molecular formula is C16H22N4O. The first-order chi connectivity index (χ1) is 10.2. The summed E-state index contributed by atoms with van der Waals surface area (Å²) in [6, 6.07) is 7.88. The summed E-state index contributed by atoms with van der Waals surface area (Å²) < 4.78 is 1.78. The van der Waals surface area contributed by atoms with E-state index in [1.165, 1.54) is 6.42 Å². The fraction of sp³-hybridized carbons (Fsp3) is 0.500. The van der Waals surface area contributed by atoms with Crippen LogP contribution in [0.5, 0.6) is 0 Å². The first-order valence-electron chi connectivity index (χ1n) is 7.61. The van der Waals surface area contributed by atoms with Crippen molar-refractivity contribution in [1.82, 2.24) is 14.7 Å². The van der Waals surface area contributed by atoms with Crippen molar-refractivity contribution in [2.45, 2.75) is 19.3 Å². The monoisotopic (exact) mass is 286 g/mol. The maximum atomic E-state index is 12.8. The Balaban J connectivity index is 1.86. The maximum Gasteiger partial charge on any atom is 0.275 e. The second kappa shape index (κ2) is 5.85. The second-order valence-corrected chi connectivity index (χ2v) is 5.83. The summed E-state index contributed by atoms with van der Waals surface area (Å²) in [6.07, 6.45) is 3.22. The van der Waals surface area contributed by atoms with Crippen LogP contribution in [0.4, 0.5) is 0 Å². The molecular weight excluding hydrogens is 264 g/mol. The van der Waals surface area contributed by atoms with E-state index in [9.17, 15) is 4.79 Å². The molecule has 1 aromatic carbocycles. The number of nitrogens with zero attached hydrogens (tertiary/aromatic N) is 3. The highest BCUT2D eigenvalue weighted by Crippen LogP contribution is 2.23. The molecule has 1 aliphatic heterocycles. The van der Waals surface area contributed by atoms with Crippen LogP contribution in [0.25, 0.3) is 10.9 Å². The Hall–Kier alpha value is -1.88. The Bertz CT molecular complexity index is 647. The fourth-order valence-electron chi connectivity index (χ4n) is 3.24. The highest BCUT2D eigenvalue weighted by Gasteiger charge is 2.27. The van der Waals surface area contributed by atoms with Gasteiger partial charge in [-0.05, 0) is 37.8 Å². The van der Waals surface area contributed by atoms with E-state index in [0.29, 0.717) is 18.2 Å². The summed E-state index contributed by atoms with van der Waals surface area (Å²) in [5.74, 6) is 0.580. The first-order valence-corrected chi connectivity index (χ1v) is 7.61. The maximum absolute atomic E-state index is 12.8. The summed E-state index contributed by atoms with van der Waals surface area (Å²) in [5.41, 5.74) is 7.22. The normalized spacial score (nSPS) is 19.1. The minimum atomic E-state index is 0.0496. The largest absolute Gasteiger partial charge is 0.337 e. The van der Waals surface area contributed by atoms with Crippen LogP contribution in [0.2, 0.25) is 0 Å². The second-order valence-electron chi connectivity index (χ2n) is 5.83. The zero-order chi connectivity index (χ0) is 14.8. The van der Waals surface area contributed by atoms with Gasteiger partial charge < -0.3 is 10.6 Å². The molecule has 1 saturated heterocycles. The number of rotatable bonds is 3. The van der Waals surface area contributed by atoms with Gasteiger partial charge in [0.15, 0.2) is 5.69 Å². The number of hydrogen-bond acceptors (Lipinski definition) is 3. The van der Waals surface area contributed by atoms with E-state index in [1.54, 1.807) is 4.68 Å². The molecule has 112 valence electrons. The highest BCUT2D eigenvalue weighted by atomic mass is 16.2. The number of aryl methyl sites for hydroxylation is 1. The van der Waals surface area contributed by atoms with Crippen LogP contribution in [0.3, 0.4) is 0 Å². The standard InChI is InChI=1S/C16H22N4O/c1-19-14-7-3-2-6-13(14)15(18-19)16(21)20-10-4-5-12(11-20)8-9-17/h2-3,6-7,12H,4-5,8-11,17H2,1H3. The molecule has 0 aliphatic carbocycles. The third-order valence-corrected chi connectivity index (χ3v) is 4.34. The van der Waals surface area contributed by atoms with Gasteiger partial charge >= 0.3 is 0 Å². The van der Waals surface area contributed by atoms with Crippen LogP contribution in [-0.4, -0.2) is 40.2 Å². The van der Waals surface area contributed by atoms with Crippen molar-refractivity contribution in [3.63, 3.8) is 0 Å². The highest BCUT2D eigenvalue weighted by molar-refractivity contribution is 6.04. The van der Waals surface area contributed by atoms with Gasteiger partial charge in [0.1, 0.15) is 0 Å². The van der Waals surface area contributed by atoms with E-state index in [2.05, 4.69) is 5.10 Å². The third-order valence-electron chi connectivity index (χ3n) is 4.34. The van der Waals surface area contributed by atoms with E-state index in [-0.39, 0.29) is 5.91 Å². The molecule has 21 heavy (non-hydrogen) atoms.